The average molecular weight is 498 g/mol. The molecule has 0 unspecified atom stereocenters. The van der Waals surface area contributed by atoms with Crippen molar-refractivity contribution in [2.24, 2.45) is 5.92 Å². The Balaban J connectivity index is 1.36. The highest BCUT2D eigenvalue weighted by Gasteiger charge is 2.29. The molecule has 32 heavy (non-hydrogen) atoms. The van der Waals surface area contributed by atoms with E-state index < -0.39 is 0 Å². The summed E-state index contributed by atoms with van der Waals surface area (Å²) in [4.78, 5) is 42.1. The topological polar surface area (TPSA) is 69.7 Å². The molecular weight excluding hydrogens is 470 g/mol. The van der Waals surface area contributed by atoms with E-state index in [0.29, 0.717) is 42.7 Å². The van der Waals surface area contributed by atoms with Gasteiger partial charge in [0.25, 0.3) is 11.8 Å². The van der Waals surface area contributed by atoms with Crippen LogP contribution >= 0.6 is 15.9 Å². The lowest BCUT2D eigenvalue weighted by Gasteiger charge is -2.31. The van der Waals surface area contributed by atoms with Crippen LogP contribution < -0.4 is 5.32 Å². The van der Waals surface area contributed by atoms with Crippen LogP contribution in [-0.2, 0) is 4.79 Å². The van der Waals surface area contributed by atoms with Crippen LogP contribution in [0.2, 0.25) is 0 Å². The number of nitrogens with one attached hydrogen (secondary N) is 1. The predicted octanol–water partition coefficient (Wildman–Crippen LogP) is 4.48. The molecule has 1 N–H and O–H groups in total. The van der Waals surface area contributed by atoms with E-state index >= 15 is 0 Å². The van der Waals surface area contributed by atoms with Crippen molar-refractivity contribution in [1.29, 1.82) is 0 Å². The van der Waals surface area contributed by atoms with Crippen molar-refractivity contribution >= 4 is 39.3 Å². The van der Waals surface area contributed by atoms with E-state index in [-0.39, 0.29) is 23.6 Å². The number of halogens is 1. The first kappa shape index (κ1) is 22.5. The minimum Gasteiger partial charge on any atom is -0.339 e. The Morgan fingerprint density at radius 3 is 2.16 bits per heavy atom. The van der Waals surface area contributed by atoms with Gasteiger partial charge in [-0.25, -0.2) is 0 Å². The van der Waals surface area contributed by atoms with E-state index in [4.69, 9.17) is 0 Å². The summed E-state index contributed by atoms with van der Waals surface area (Å²) in [6.07, 6.45) is 3.34. The van der Waals surface area contributed by atoms with Gasteiger partial charge in [0.2, 0.25) is 5.91 Å². The number of piperidine rings is 1. The zero-order valence-electron chi connectivity index (χ0n) is 18.3. The van der Waals surface area contributed by atoms with Gasteiger partial charge >= 0.3 is 0 Å². The molecule has 0 saturated carbocycles. The predicted molar refractivity (Wildman–Crippen MR) is 128 cm³/mol. The molecule has 0 atom stereocenters. The number of hydrogen-bond donors (Lipinski definition) is 1. The summed E-state index contributed by atoms with van der Waals surface area (Å²) in [5, 5.41) is 3.03. The maximum Gasteiger partial charge on any atom is 0.254 e. The van der Waals surface area contributed by atoms with E-state index in [2.05, 4.69) is 21.2 Å². The Bertz CT molecular complexity index is 1010. The standard InChI is InChI=1S/C25H28BrN3O3/c1-17-21(25(32)28-13-2-3-14-28)5-4-6-22(17)27-23(30)18-11-15-29(16-12-18)24(31)19-7-9-20(26)10-8-19/h4-10,18H,2-3,11-16H2,1H3,(H,27,30). The van der Waals surface area contributed by atoms with E-state index in [1.54, 1.807) is 0 Å². The summed E-state index contributed by atoms with van der Waals surface area (Å²) < 4.78 is 0.936. The second kappa shape index (κ2) is 9.86. The number of nitrogens with zero attached hydrogens (tertiary/aromatic N) is 2. The Labute approximate surface area is 197 Å². The third-order valence-corrected chi connectivity index (χ3v) is 6.99. The van der Waals surface area contributed by atoms with Gasteiger partial charge in [-0.3, -0.25) is 14.4 Å². The number of anilines is 1. The molecule has 4 rings (SSSR count). The van der Waals surface area contributed by atoms with Gasteiger partial charge in [0.15, 0.2) is 0 Å². The molecule has 0 radical (unpaired) electrons. The highest BCUT2D eigenvalue weighted by Crippen LogP contribution is 2.25. The minimum absolute atomic E-state index is 0.000305. The molecule has 2 heterocycles. The summed E-state index contributed by atoms with van der Waals surface area (Å²) in [6, 6.07) is 12.8. The van der Waals surface area contributed by atoms with Crippen LogP contribution in [0.3, 0.4) is 0 Å². The van der Waals surface area contributed by atoms with Crippen molar-refractivity contribution in [3.05, 3.63) is 63.6 Å². The lowest BCUT2D eigenvalue weighted by Crippen LogP contribution is -2.41. The zero-order chi connectivity index (χ0) is 22.7. The molecule has 168 valence electrons. The van der Waals surface area contributed by atoms with Crippen LogP contribution in [0.25, 0.3) is 0 Å². The molecule has 2 aliphatic rings. The SMILES string of the molecule is Cc1c(NC(=O)C2CCN(C(=O)c3ccc(Br)cc3)CC2)cccc1C(=O)N1CCCC1. The lowest BCUT2D eigenvalue weighted by molar-refractivity contribution is -0.121. The smallest absolute Gasteiger partial charge is 0.254 e. The highest BCUT2D eigenvalue weighted by atomic mass is 79.9. The molecule has 2 aromatic rings. The minimum atomic E-state index is -0.152. The molecule has 3 amide bonds. The van der Waals surface area contributed by atoms with Crippen LogP contribution in [0.1, 0.15) is 52.0 Å². The summed E-state index contributed by atoms with van der Waals surface area (Å²) in [6.45, 7) is 4.59. The van der Waals surface area contributed by atoms with E-state index in [1.807, 2.05) is 59.2 Å². The average Bonchev–Trinajstić information content (AvgIpc) is 3.35. The second-order valence-corrected chi connectivity index (χ2v) is 9.46. The fourth-order valence-corrected chi connectivity index (χ4v) is 4.71. The Morgan fingerprint density at radius 1 is 0.875 bits per heavy atom. The van der Waals surface area contributed by atoms with Gasteiger partial charge in [-0.05, 0) is 74.6 Å². The maximum atomic E-state index is 12.9. The summed E-state index contributed by atoms with van der Waals surface area (Å²) in [5.74, 6) is -0.160. The molecule has 2 aromatic carbocycles. The molecule has 6 nitrogen and oxygen atoms in total. The van der Waals surface area contributed by atoms with Gasteiger partial charge < -0.3 is 15.1 Å². The fraction of sp³-hybridized carbons (Fsp3) is 0.400. The van der Waals surface area contributed by atoms with Crippen LogP contribution in [-0.4, -0.2) is 53.7 Å². The molecule has 7 heteroatoms. The van der Waals surface area contributed by atoms with Gasteiger partial charge in [0.1, 0.15) is 0 Å². The summed E-state index contributed by atoms with van der Waals surface area (Å²) >= 11 is 3.39. The number of carbonyl (C=O) groups excluding carboxylic acids is 3. The normalized spacial score (nSPS) is 16.8. The van der Waals surface area contributed by atoms with Gasteiger partial charge in [-0.1, -0.05) is 22.0 Å². The van der Waals surface area contributed by atoms with Gasteiger partial charge in [-0.15, -0.1) is 0 Å². The van der Waals surface area contributed by atoms with Crippen molar-refractivity contribution in [3.8, 4) is 0 Å². The fourth-order valence-electron chi connectivity index (χ4n) is 4.45. The Kier molecular flexibility index (Phi) is 6.94. The summed E-state index contributed by atoms with van der Waals surface area (Å²) in [7, 11) is 0. The van der Waals surface area contributed by atoms with Gasteiger partial charge in [-0.2, -0.15) is 0 Å². The van der Waals surface area contributed by atoms with Crippen molar-refractivity contribution in [3.63, 3.8) is 0 Å². The van der Waals surface area contributed by atoms with E-state index in [1.165, 1.54) is 0 Å². The van der Waals surface area contributed by atoms with Crippen LogP contribution in [0.15, 0.2) is 46.9 Å². The lowest BCUT2D eigenvalue weighted by atomic mass is 9.95. The molecular formula is C25H28BrN3O3. The van der Waals surface area contributed by atoms with Gasteiger partial charge in [0.05, 0.1) is 0 Å². The Hall–Kier alpha value is -2.67. The molecule has 0 bridgehead atoms. The van der Waals surface area contributed by atoms with E-state index in [0.717, 1.165) is 36.0 Å². The Morgan fingerprint density at radius 2 is 1.50 bits per heavy atom. The quantitative estimate of drug-likeness (QED) is 0.676. The third kappa shape index (κ3) is 4.88. The van der Waals surface area contributed by atoms with Crippen LogP contribution in [0.5, 0.6) is 0 Å². The molecule has 2 saturated heterocycles. The number of rotatable bonds is 4. The first-order chi connectivity index (χ1) is 15.4. The largest absolute Gasteiger partial charge is 0.339 e. The van der Waals surface area contributed by atoms with Crippen molar-refractivity contribution in [1.82, 2.24) is 9.80 Å². The van der Waals surface area contributed by atoms with Crippen LogP contribution in [0.4, 0.5) is 5.69 Å². The number of amides is 3. The van der Waals surface area contributed by atoms with Crippen molar-refractivity contribution < 1.29 is 14.4 Å². The third-order valence-electron chi connectivity index (χ3n) is 6.46. The number of benzene rings is 2. The van der Waals surface area contributed by atoms with Gasteiger partial charge in [0, 0.05) is 53.4 Å². The molecule has 0 aromatic heterocycles. The van der Waals surface area contributed by atoms with E-state index in [9.17, 15) is 14.4 Å². The van der Waals surface area contributed by atoms with Crippen molar-refractivity contribution in [2.75, 3.05) is 31.5 Å². The maximum absolute atomic E-state index is 12.9. The first-order valence-corrected chi connectivity index (χ1v) is 12.0. The first-order valence-electron chi connectivity index (χ1n) is 11.2. The number of carbonyl (C=O) groups is 3. The van der Waals surface area contributed by atoms with Crippen molar-refractivity contribution in [2.45, 2.75) is 32.6 Å². The zero-order valence-corrected chi connectivity index (χ0v) is 19.9. The summed E-state index contributed by atoms with van der Waals surface area (Å²) in [5.41, 5.74) is 2.81. The number of likely N-dealkylation sites (tertiary alicyclic amines) is 2. The molecule has 2 fully saturated rings. The highest BCUT2D eigenvalue weighted by molar-refractivity contribution is 9.10. The number of hydrogen-bond acceptors (Lipinski definition) is 3. The molecule has 2 aliphatic heterocycles. The molecule has 0 aliphatic carbocycles. The second-order valence-electron chi connectivity index (χ2n) is 8.54. The van der Waals surface area contributed by atoms with Crippen LogP contribution in [0, 0.1) is 12.8 Å². The monoisotopic (exact) mass is 497 g/mol. The molecule has 0 spiro atoms.